The minimum atomic E-state index is -0.440. The molecule has 3 heteroatoms. The van der Waals surface area contributed by atoms with Gasteiger partial charge in [-0.2, -0.15) is 0 Å². The maximum Gasteiger partial charge on any atom is 0.0713 e. The fourth-order valence-corrected chi connectivity index (χ4v) is 4.92. The molecule has 0 amide bonds. The van der Waals surface area contributed by atoms with E-state index in [4.69, 9.17) is 4.74 Å². The first-order chi connectivity index (χ1) is 10.3. The molecule has 3 nitrogen and oxygen atoms in total. The summed E-state index contributed by atoms with van der Waals surface area (Å²) in [7, 11) is 0. The molecule has 3 rings (SSSR count). The van der Waals surface area contributed by atoms with Crippen LogP contribution in [0, 0.1) is 11.3 Å². The number of aliphatic imine (C=N–C) groups is 1. The van der Waals surface area contributed by atoms with E-state index in [2.05, 4.69) is 25.6 Å². The minimum absolute atomic E-state index is 0.156. The first kappa shape index (κ1) is 16.4. The Hall–Kier alpha value is -0.410. The number of aliphatic hydroxyl groups is 1. The summed E-state index contributed by atoms with van der Waals surface area (Å²) in [6, 6.07) is 0.460. The molecule has 126 valence electrons. The van der Waals surface area contributed by atoms with Gasteiger partial charge in [0.25, 0.3) is 0 Å². The number of nitrogens with zero attached hydrogens (tertiary/aromatic N) is 1. The van der Waals surface area contributed by atoms with Crippen LogP contribution in [0.1, 0.15) is 78.6 Å². The van der Waals surface area contributed by atoms with Crippen molar-refractivity contribution < 1.29 is 9.84 Å². The van der Waals surface area contributed by atoms with Crippen molar-refractivity contribution in [3.8, 4) is 0 Å². The molecule has 0 bridgehead atoms. The molecule has 3 aliphatic rings. The monoisotopic (exact) mass is 307 g/mol. The lowest BCUT2D eigenvalue weighted by Crippen LogP contribution is -2.59. The van der Waals surface area contributed by atoms with Crippen molar-refractivity contribution in [1.29, 1.82) is 0 Å². The number of hydrogen-bond acceptors (Lipinski definition) is 3. The Morgan fingerprint density at radius 1 is 1.09 bits per heavy atom. The molecule has 2 saturated carbocycles. The second-order valence-electron chi connectivity index (χ2n) is 9.00. The zero-order valence-corrected chi connectivity index (χ0v) is 14.6. The van der Waals surface area contributed by atoms with Gasteiger partial charge in [0.05, 0.1) is 17.3 Å². The molecule has 1 aliphatic heterocycles. The van der Waals surface area contributed by atoms with E-state index in [-0.39, 0.29) is 11.0 Å². The molecule has 0 aromatic heterocycles. The van der Waals surface area contributed by atoms with E-state index >= 15 is 0 Å². The Morgan fingerprint density at radius 2 is 1.64 bits per heavy atom. The van der Waals surface area contributed by atoms with Gasteiger partial charge in [-0.25, -0.2) is 0 Å². The quantitative estimate of drug-likeness (QED) is 0.797. The standard InChI is InChI=1S/C19H33NO2/c1-17(2,14-5-9-18(3,21)10-6-14)16-13-19(22-16)11-7-15(20-4)8-12-19/h14-16,21H,4-13H2,1-3H3. The van der Waals surface area contributed by atoms with Gasteiger partial charge in [-0.05, 0) is 76.3 Å². The van der Waals surface area contributed by atoms with Gasteiger partial charge < -0.3 is 9.84 Å². The largest absolute Gasteiger partial charge is 0.390 e. The van der Waals surface area contributed by atoms with Gasteiger partial charge in [0.2, 0.25) is 0 Å². The maximum absolute atomic E-state index is 10.2. The third-order valence-corrected chi connectivity index (χ3v) is 7.02. The van der Waals surface area contributed by atoms with Crippen molar-refractivity contribution in [2.24, 2.45) is 16.3 Å². The average Bonchev–Trinajstić information content (AvgIpc) is 2.44. The summed E-state index contributed by atoms with van der Waals surface area (Å²) in [5.74, 6) is 0.682. The van der Waals surface area contributed by atoms with Crippen LogP contribution in [0.3, 0.4) is 0 Å². The predicted molar refractivity (Wildman–Crippen MR) is 90.4 cm³/mol. The van der Waals surface area contributed by atoms with Crippen molar-refractivity contribution in [3.05, 3.63) is 0 Å². The molecular formula is C19H33NO2. The molecular weight excluding hydrogens is 274 g/mol. The van der Waals surface area contributed by atoms with Crippen LogP contribution in [0.25, 0.3) is 0 Å². The Morgan fingerprint density at radius 3 is 2.14 bits per heavy atom. The van der Waals surface area contributed by atoms with Gasteiger partial charge in [0, 0.05) is 12.5 Å². The molecule has 3 fully saturated rings. The average molecular weight is 307 g/mol. The lowest BCUT2D eigenvalue weighted by Gasteiger charge is -2.58. The third-order valence-electron chi connectivity index (χ3n) is 7.02. The Kier molecular flexibility index (Phi) is 4.18. The number of hydrogen-bond donors (Lipinski definition) is 1. The Labute approximate surface area is 135 Å². The lowest BCUT2D eigenvalue weighted by molar-refractivity contribution is -0.266. The molecule has 1 N–H and O–H groups in total. The van der Waals surface area contributed by atoms with E-state index in [9.17, 15) is 5.11 Å². The zero-order chi connectivity index (χ0) is 16.0. The van der Waals surface area contributed by atoms with Crippen molar-refractivity contribution in [2.75, 3.05) is 0 Å². The summed E-state index contributed by atoms with van der Waals surface area (Å²) >= 11 is 0. The fraction of sp³-hybridized carbons (Fsp3) is 0.947. The second kappa shape index (κ2) is 5.59. The van der Waals surface area contributed by atoms with Gasteiger partial charge in [-0.1, -0.05) is 13.8 Å². The van der Waals surface area contributed by atoms with Crippen LogP contribution in [-0.2, 0) is 4.74 Å². The normalized spacial score (nSPS) is 46.3. The first-order valence-electron chi connectivity index (χ1n) is 9.12. The second-order valence-corrected chi connectivity index (χ2v) is 9.00. The van der Waals surface area contributed by atoms with Gasteiger partial charge in [0.15, 0.2) is 0 Å². The summed E-state index contributed by atoms with van der Waals surface area (Å²) in [4.78, 5) is 4.20. The van der Waals surface area contributed by atoms with Crippen LogP contribution in [0.2, 0.25) is 0 Å². The fourth-order valence-electron chi connectivity index (χ4n) is 4.92. The zero-order valence-electron chi connectivity index (χ0n) is 14.6. The predicted octanol–water partition coefficient (Wildman–Crippen LogP) is 4.12. The SMILES string of the molecule is C=NC1CCC2(CC1)CC(C(C)(C)C1CCC(C)(O)CC1)O2. The molecule has 1 atom stereocenters. The lowest BCUT2D eigenvalue weighted by atomic mass is 9.61. The maximum atomic E-state index is 10.2. The third kappa shape index (κ3) is 2.99. The Bertz CT molecular complexity index is 403. The van der Waals surface area contributed by atoms with E-state index in [0.29, 0.717) is 18.1 Å². The summed E-state index contributed by atoms with van der Waals surface area (Å²) in [5, 5.41) is 10.2. The van der Waals surface area contributed by atoms with Crippen LogP contribution >= 0.6 is 0 Å². The number of rotatable bonds is 3. The topological polar surface area (TPSA) is 41.8 Å². The van der Waals surface area contributed by atoms with Crippen LogP contribution in [0.5, 0.6) is 0 Å². The van der Waals surface area contributed by atoms with Gasteiger partial charge >= 0.3 is 0 Å². The van der Waals surface area contributed by atoms with Crippen LogP contribution < -0.4 is 0 Å². The molecule has 1 unspecified atom stereocenters. The van der Waals surface area contributed by atoms with Gasteiger partial charge in [0.1, 0.15) is 0 Å². The van der Waals surface area contributed by atoms with Crippen molar-refractivity contribution in [3.63, 3.8) is 0 Å². The molecule has 1 heterocycles. The molecule has 2 aliphatic carbocycles. The highest BCUT2D eigenvalue weighted by molar-refractivity contribution is 5.24. The van der Waals surface area contributed by atoms with Crippen molar-refractivity contribution >= 4 is 6.72 Å². The van der Waals surface area contributed by atoms with Crippen molar-refractivity contribution in [1.82, 2.24) is 0 Å². The van der Waals surface area contributed by atoms with Crippen molar-refractivity contribution in [2.45, 2.75) is 102 Å². The smallest absolute Gasteiger partial charge is 0.0713 e. The summed E-state index contributed by atoms with van der Waals surface area (Å²) in [6.07, 6.45) is 10.4. The molecule has 0 aromatic rings. The highest BCUT2D eigenvalue weighted by atomic mass is 16.5. The van der Waals surface area contributed by atoms with E-state index < -0.39 is 5.60 Å². The van der Waals surface area contributed by atoms with E-state index in [1.54, 1.807) is 0 Å². The van der Waals surface area contributed by atoms with E-state index in [0.717, 1.165) is 51.4 Å². The summed E-state index contributed by atoms with van der Waals surface area (Å²) in [6.45, 7) is 10.4. The van der Waals surface area contributed by atoms with Crippen LogP contribution in [0.4, 0.5) is 0 Å². The van der Waals surface area contributed by atoms with E-state index in [1.165, 1.54) is 6.42 Å². The molecule has 1 saturated heterocycles. The molecule has 0 radical (unpaired) electrons. The molecule has 1 spiro atoms. The van der Waals surface area contributed by atoms with Gasteiger partial charge in [-0.3, -0.25) is 4.99 Å². The Balaban J connectivity index is 1.54. The number of ether oxygens (including phenoxy) is 1. The highest BCUT2D eigenvalue weighted by Gasteiger charge is 2.54. The summed E-state index contributed by atoms with van der Waals surface area (Å²) in [5.41, 5.74) is -0.0527. The molecule has 0 aromatic carbocycles. The first-order valence-corrected chi connectivity index (χ1v) is 9.12. The van der Waals surface area contributed by atoms with Gasteiger partial charge in [-0.15, -0.1) is 0 Å². The van der Waals surface area contributed by atoms with E-state index in [1.807, 2.05) is 6.92 Å². The van der Waals surface area contributed by atoms with Crippen LogP contribution in [-0.4, -0.2) is 35.2 Å². The molecule has 22 heavy (non-hydrogen) atoms. The summed E-state index contributed by atoms with van der Waals surface area (Å²) < 4.78 is 6.51. The minimum Gasteiger partial charge on any atom is -0.390 e. The van der Waals surface area contributed by atoms with Crippen LogP contribution in [0.15, 0.2) is 4.99 Å². The highest BCUT2D eigenvalue weighted by Crippen LogP contribution is 2.54.